The number of carbonyl (C=O) groups excluding carboxylic acids is 1. The maximum absolute atomic E-state index is 12.8. The summed E-state index contributed by atoms with van der Waals surface area (Å²) in [6.45, 7) is -2.66. The van der Waals surface area contributed by atoms with E-state index in [1.165, 1.54) is 23.4 Å². The van der Waals surface area contributed by atoms with Crippen molar-refractivity contribution in [3.05, 3.63) is 71.6 Å². The van der Waals surface area contributed by atoms with Crippen LogP contribution in [0.2, 0.25) is 0 Å². The van der Waals surface area contributed by atoms with Crippen LogP contribution < -0.4 is 0 Å². The molecule has 2 aromatic heterocycles. The average Bonchev–Trinajstić information content (AvgIpc) is 3.29. The Bertz CT molecular complexity index is 902. The Morgan fingerprint density at radius 3 is 2.77 bits per heavy atom. The summed E-state index contributed by atoms with van der Waals surface area (Å²) in [5.74, 6) is -0.129. The first-order valence-corrected chi connectivity index (χ1v) is 8.74. The summed E-state index contributed by atoms with van der Waals surface area (Å²) in [5.41, 5.74) is 1.12. The third kappa shape index (κ3) is 4.23. The number of amides is 1. The Morgan fingerprint density at radius 2 is 2.04 bits per heavy atom. The van der Waals surface area contributed by atoms with Crippen molar-refractivity contribution in [2.24, 2.45) is 0 Å². The Balaban J connectivity index is 1.64. The molecule has 1 amide bonds. The standard InChI is InChI=1S/C19H17F2N3OS/c1-23(13-17-22-11-12-24(17)19(20)21)18(25)10-8-15-7-9-16(26-15)14-5-3-2-4-6-14/h2-12,19H,13H2,1H3/b10-8+. The zero-order valence-corrected chi connectivity index (χ0v) is 14.9. The van der Waals surface area contributed by atoms with Crippen molar-refractivity contribution in [1.82, 2.24) is 14.5 Å². The van der Waals surface area contributed by atoms with Crippen molar-refractivity contribution in [3.8, 4) is 10.4 Å². The number of alkyl halides is 2. The fraction of sp³-hybridized carbons (Fsp3) is 0.158. The molecule has 0 atom stereocenters. The number of aromatic nitrogens is 2. The molecule has 7 heteroatoms. The van der Waals surface area contributed by atoms with E-state index in [1.54, 1.807) is 24.5 Å². The SMILES string of the molecule is CN(Cc1nccn1C(F)F)C(=O)/C=C/c1ccc(-c2ccccc2)s1. The van der Waals surface area contributed by atoms with Crippen LogP contribution in [-0.4, -0.2) is 27.4 Å². The van der Waals surface area contributed by atoms with Crippen LogP contribution in [0.25, 0.3) is 16.5 Å². The van der Waals surface area contributed by atoms with E-state index in [1.807, 2.05) is 42.5 Å². The number of hydrogen-bond acceptors (Lipinski definition) is 3. The molecule has 0 N–H and O–H groups in total. The molecule has 0 aliphatic heterocycles. The number of imidazole rings is 1. The van der Waals surface area contributed by atoms with Gasteiger partial charge in [0.15, 0.2) is 0 Å². The number of halogens is 2. The van der Waals surface area contributed by atoms with Crippen LogP contribution in [0.15, 0.2) is 60.9 Å². The van der Waals surface area contributed by atoms with Crippen LogP contribution in [-0.2, 0) is 11.3 Å². The number of hydrogen-bond donors (Lipinski definition) is 0. The van der Waals surface area contributed by atoms with Crippen molar-refractivity contribution in [3.63, 3.8) is 0 Å². The Morgan fingerprint density at radius 1 is 1.27 bits per heavy atom. The quantitative estimate of drug-likeness (QED) is 0.589. The van der Waals surface area contributed by atoms with Gasteiger partial charge in [-0.15, -0.1) is 11.3 Å². The number of rotatable bonds is 6. The molecule has 0 spiro atoms. The molecule has 3 aromatic rings. The number of nitrogens with zero attached hydrogens (tertiary/aromatic N) is 3. The molecule has 4 nitrogen and oxygen atoms in total. The second-order valence-electron chi connectivity index (χ2n) is 5.62. The van der Waals surface area contributed by atoms with Gasteiger partial charge in [0.1, 0.15) is 5.82 Å². The fourth-order valence-electron chi connectivity index (χ4n) is 2.41. The summed E-state index contributed by atoms with van der Waals surface area (Å²) in [6.07, 6.45) is 5.67. The van der Waals surface area contributed by atoms with E-state index in [-0.39, 0.29) is 18.3 Å². The molecule has 0 saturated heterocycles. The third-order valence-corrected chi connectivity index (χ3v) is 4.89. The van der Waals surface area contributed by atoms with Gasteiger partial charge in [-0.1, -0.05) is 30.3 Å². The lowest BCUT2D eigenvalue weighted by molar-refractivity contribution is -0.125. The third-order valence-electron chi connectivity index (χ3n) is 3.79. The zero-order chi connectivity index (χ0) is 18.5. The minimum atomic E-state index is -2.67. The van der Waals surface area contributed by atoms with Gasteiger partial charge in [-0.3, -0.25) is 9.36 Å². The highest BCUT2D eigenvalue weighted by atomic mass is 32.1. The first kappa shape index (κ1) is 18.0. The molecular formula is C19H17F2N3OS. The second-order valence-corrected chi connectivity index (χ2v) is 6.74. The molecule has 0 saturated carbocycles. The van der Waals surface area contributed by atoms with Gasteiger partial charge >= 0.3 is 6.55 Å². The van der Waals surface area contributed by atoms with Crippen LogP contribution in [0, 0.1) is 0 Å². The van der Waals surface area contributed by atoms with Crippen LogP contribution in [0.1, 0.15) is 17.3 Å². The molecule has 0 aliphatic carbocycles. The van der Waals surface area contributed by atoms with Gasteiger partial charge in [-0.05, 0) is 23.8 Å². The molecular weight excluding hydrogens is 356 g/mol. The predicted octanol–water partition coefficient (Wildman–Crippen LogP) is 4.68. The van der Waals surface area contributed by atoms with E-state index in [2.05, 4.69) is 4.98 Å². The minimum absolute atomic E-state index is 0.0141. The molecule has 3 rings (SSSR count). The molecule has 0 fully saturated rings. The monoisotopic (exact) mass is 373 g/mol. The highest BCUT2D eigenvalue weighted by molar-refractivity contribution is 7.16. The summed E-state index contributed by atoms with van der Waals surface area (Å²) >= 11 is 1.58. The number of carbonyl (C=O) groups is 1. The molecule has 0 aliphatic rings. The van der Waals surface area contributed by atoms with Crippen molar-refractivity contribution in [1.29, 1.82) is 0 Å². The van der Waals surface area contributed by atoms with E-state index >= 15 is 0 Å². The number of likely N-dealkylation sites (N-methyl/N-ethyl adjacent to an activating group) is 1. The van der Waals surface area contributed by atoms with Gasteiger partial charge in [-0.25, -0.2) is 4.98 Å². The summed E-state index contributed by atoms with van der Waals surface area (Å²) in [4.78, 5) is 19.5. The highest BCUT2D eigenvalue weighted by Crippen LogP contribution is 2.28. The first-order valence-electron chi connectivity index (χ1n) is 7.93. The van der Waals surface area contributed by atoms with Crippen molar-refractivity contribution < 1.29 is 13.6 Å². The second kappa shape index (κ2) is 8.05. The largest absolute Gasteiger partial charge is 0.335 e. The number of thiophene rings is 1. The lowest BCUT2D eigenvalue weighted by Gasteiger charge is -2.15. The van der Waals surface area contributed by atoms with E-state index in [4.69, 9.17) is 0 Å². The summed E-state index contributed by atoms with van der Waals surface area (Å²) in [7, 11) is 1.56. The van der Waals surface area contributed by atoms with E-state index < -0.39 is 6.55 Å². The summed E-state index contributed by atoms with van der Waals surface area (Å²) in [5, 5.41) is 0. The van der Waals surface area contributed by atoms with Crippen LogP contribution in [0.4, 0.5) is 8.78 Å². The minimum Gasteiger partial charge on any atom is -0.335 e. The molecule has 1 aromatic carbocycles. The van der Waals surface area contributed by atoms with Gasteiger partial charge in [0.25, 0.3) is 0 Å². The first-order chi connectivity index (χ1) is 12.5. The van der Waals surface area contributed by atoms with Crippen LogP contribution in [0.5, 0.6) is 0 Å². The van der Waals surface area contributed by atoms with Crippen LogP contribution in [0.3, 0.4) is 0 Å². The zero-order valence-electron chi connectivity index (χ0n) is 14.0. The van der Waals surface area contributed by atoms with Crippen molar-refractivity contribution in [2.75, 3.05) is 7.05 Å². The maximum Gasteiger partial charge on any atom is 0.319 e. The summed E-state index contributed by atoms with van der Waals surface area (Å²) in [6, 6.07) is 13.9. The van der Waals surface area contributed by atoms with Gasteiger partial charge in [0.05, 0.1) is 6.54 Å². The molecule has 26 heavy (non-hydrogen) atoms. The summed E-state index contributed by atoms with van der Waals surface area (Å²) < 4.78 is 26.4. The fourth-order valence-corrected chi connectivity index (χ4v) is 3.33. The topological polar surface area (TPSA) is 38.1 Å². The van der Waals surface area contributed by atoms with E-state index in [0.29, 0.717) is 0 Å². The van der Waals surface area contributed by atoms with Gasteiger partial charge in [0.2, 0.25) is 5.91 Å². The van der Waals surface area contributed by atoms with Crippen LogP contribution >= 0.6 is 11.3 Å². The van der Waals surface area contributed by atoms with E-state index in [0.717, 1.165) is 19.9 Å². The maximum atomic E-state index is 12.8. The Labute approximate surface area is 154 Å². The Kier molecular flexibility index (Phi) is 5.58. The average molecular weight is 373 g/mol. The molecule has 0 unspecified atom stereocenters. The normalized spacial score (nSPS) is 11.4. The molecule has 134 valence electrons. The lowest BCUT2D eigenvalue weighted by Crippen LogP contribution is -2.26. The Hall–Kier alpha value is -2.80. The lowest BCUT2D eigenvalue weighted by atomic mass is 10.2. The predicted molar refractivity (Wildman–Crippen MR) is 98.7 cm³/mol. The van der Waals surface area contributed by atoms with Gasteiger partial charge in [0, 0.05) is 35.3 Å². The smallest absolute Gasteiger partial charge is 0.319 e. The molecule has 2 heterocycles. The van der Waals surface area contributed by atoms with E-state index in [9.17, 15) is 13.6 Å². The van der Waals surface area contributed by atoms with Crippen molar-refractivity contribution >= 4 is 23.3 Å². The molecule has 0 bridgehead atoms. The van der Waals surface area contributed by atoms with Crippen molar-refractivity contribution in [2.45, 2.75) is 13.1 Å². The molecule has 0 radical (unpaired) electrons. The number of benzene rings is 1. The van der Waals surface area contributed by atoms with Gasteiger partial charge in [-0.2, -0.15) is 8.78 Å². The van der Waals surface area contributed by atoms with Gasteiger partial charge < -0.3 is 4.90 Å². The highest BCUT2D eigenvalue weighted by Gasteiger charge is 2.14.